The molecule has 0 radical (unpaired) electrons. The first kappa shape index (κ1) is 24.4. The van der Waals surface area contributed by atoms with Crippen molar-refractivity contribution < 1.29 is 9.59 Å². The minimum Gasteiger partial charge on any atom is -0.366 e. The van der Waals surface area contributed by atoms with Gasteiger partial charge in [-0.3, -0.25) is 9.59 Å². The maximum absolute atomic E-state index is 12.3. The SMILES string of the molecule is Cc1ccc(C(C)C)cc2c(C=O)cc(/C=C/c3cc(C(N)=O)c4cc(C(C)C)ccc(C)c3-4)c1-2. The van der Waals surface area contributed by atoms with Crippen molar-refractivity contribution in [1.82, 2.24) is 0 Å². The summed E-state index contributed by atoms with van der Waals surface area (Å²) < 4.78 is 0. The van der Waals surface area contributed by atoms with E-state index < -0.39 is 5.91 Å². The molecule has 0 aromatic heterocycles. The third-order valence-corrected chi connectivity index (χ3v) is 6.96. The second kappa shape index (κ2) is 9.50. The van der Waals surface area contributed by atoms with E-state index in [4.69, 9.17) is 5.73 Å². The predicted molar refractivity (Wildman–Crippen MR) is 147 cm³/mol. The van der Waals surface area contributed by atoms with E-state index in [1.54, 1.807) is 0 Å². The summed E-state index contributed by atoms with van der Waals surface area (Å²) in [4.78, 5) is 24.3. The van der Waals surface area contributed by atoms with Crippen molar-refractivity contribution >= 4 is 24.3 Å². The van der Waals surface area contributed by atoms with Gasteiger partial charge in [-0.1, -0.05) is 76.2 Å². The van der Waals surface area contributed by atoms with Crippen LogP contribution in [0.15, 0.2) is 48.5 Å². The molecule has 0 fully saturated rings. The average Bonchev–Trinajstić information content (AvgIpc) is 3.22. The van der Waals surface area contributed by atoms with Crippen molar-refractivity contribution in [2.24, 2.45) is 5.73 Å². The van der Waals surface area contributed by atoms with Crippen LogP contribution < -0.4 is 5.73 Å². The predicted octanol–water partition coefficient (Wildman–Crippen LogP) is 7.84. The van der Waals surface area contributed by atoms with Gasteiger partial charge >= 0.3 is 0 Å². The Kier molecular flexibility index (Phi) is 6.62. The van der Waals surface area contributed by atoms with Crippen LogP contribution in [0.4, 0.5) is 0 Å². The molecule has 0 atom stereocenters. The molecule has 4 rings (SSSR count). The topological polar surface area (TPSA) is 60.2 Å². The molecule has 0 saturated carbocycles. The molecule has 0 bridgehead atoms. The lowest BCUT2D eigenvalue weighted by molar-refractivity contribution is 0.100. The van der Waals surface area contributed by atoms with Crippen LogP contribution >= 0.6 is 0 Å². The van der Waals surface area contributed by atoms with Crippen LogP contribution in [0.3, 0.4) is 0 Å². The Morgan fingerprint density at radius 1 is 0.714 bits per heavy atom. The summed E-state index contributed by atoms with van der Waals surface area (Å²) in [5.41, 5.74) is 17.5. The van der Waals surface area contributed by atoms with E-state index in [1.807, 2.05) is 24.3 Å². The first-order valence-electron chi connectivity index (χ1n) is 12.2. The molecule has 4 aliphatic carbocycles. The van der Waals surface area contributed by atoms with Gasteiger partial charge in [-0.05, 0) is 93.5 Å². The number of nitrogens with two attached hydrogens (primary N) is 1. The molecular formula is C32H33NO2. The van der Waals surface area contributed by atoms with Gasteiger partial charge in [-0.15, -0.1) is 0 Å². The molecule has 0 aliphatic heterocycles. The van der Waals surface area contributed by atoms with E-state index in [0.29, 0.717) is 23.0 Å². The summed E-state index contributed by atoms with van der Waals surface area (Å²) in [6, 6.07) is 16.6. The Labute approximate surface area is 208 Å². The van der Waals surface area contributed by atoms with Crippen LogP contribution in [0.5, 0.6) is 0 Å². The van der Waals surface area contributed by atoms with Crippen molar-refractivity contribution in [2.75, 3.05) is 0 Å². The number of aryl methyl sites for hydroxylation is 2. The minimum absolute atomic E-state index is 0.330. The van der Waals surface area contributed by atoms with Crippen LogP contribution in [-0.4, -0.2) is 12.2 Å². The number of hydrogen-bond acceptors (Lipinski definition) is 2. The molecule has 0 unspecified atom stereocenters. The number of primary amides is 1. The molecule has 0 heterocycles. The van der Waals surface area contributed by atoms with E-state index in [-0.39, 0.29) is 0 Å². The fraction of sp³-hybridized carbons (Fsp3) is 0.250. The van der Waals surface area contributed by atoms with Crippen LogP contribution in [-0.2, 0) is 0 Å². The number of rotatable bonds is 6. The van der Waals surface area contributed by atoms with Crippen molar-refractivity contribution in [3.8, 4) is 22.3 Å². The first-order valence-corrected chi connectivity index (χ1v) is 12.2. The molecule has 0 saturated heterocycles. The molecule has 0 aromatic carbocycles. The van der Waals surface area contributed by atoms with Gasteiger partial charge in [0.25, 0.3) is 0 Å². The molecule has 0 spiro atoms. The Morgan fingerprint density at radius 3 is 1.69 bits per heavy atom. The smallest absolute Gasteiger partial charge is 0.249 e. The molecule has 4 aliphatic rings. The zero-order valence-corrected chi connectivity index (χ0v) is 21.4. The van der Waals surface area contributed by atoms with Crippen LogP contribution in [0.2, 0.25) is 0 Å². The molecule has 0 aromatic rings. The Morgan fingerprint density at radius 2 is 1.20 bits per heavy atom. The highest BCUT2D eigenvalue weighted by Gasteiger charge is 2.21. The summed E-state index contributed by atoms with van der Waals surface area (Å²) in [7, 11) is 0. The van der Waals surface area contributed by atoms with Crippen molar-refractivity contribution in [2.45, 2.75) is 53.4 Å². The summed E-state index contributed by atoms with van der Waals surface area (Å²) in [6.45, 7) is 12.7. The summed E-state index contributed by atoms with van der Waals surface area (Å²) in [5.74, 6) is 0.262. The van der Waals surface area contributed by atoms with Gasteiger partial charge in [0.2, 0.25) is 5.91 Å². The standard InChI is InChI=1S/C32H33NO2/c1-18(2)22-9-7-20(5)30-24(13-26(17-34)27(30)14-22)11-12-25-16-29(32(33)35)28-15-23(19(3)4)10-8-21(6)31(25)28/h7-19H,1-6H3,(H2,33,35)/b12-11+. The van der Waals surface area contributed by atoms with E-state index in [0.717, 1.165) is 56.4 Å². The van der Waals surface area contributed by atoms with Gasteiger partial charge in [0.05, 0.1) is 0 Å². The number of amides is 1. The Hall–Kier alpha value is -3.72. The van der Waals surface area contributed by atoms with Crippen molar-refractivity contribution in [1.29, 1.82) is 0 Å². The van der Waals surface area contributed by atoms with Crippen molar-refractivity contribution in [3.05, 3.63) is 93.0 Å². The molecule has 178 valence electrons. The molecule has 3 heteroatoms. The van der Waals surface area contributed by atoms with E-state index >= 15 is 0 Å². The van der Waals surface area contributed by atoms with Crippen LogP contribution in [0.1, 0.15) is 93.6 Å². The first-order chi connectivity index (χ1) is 16.6. The van der Waals surface area contributed by atoms with Crippen LogP contribution in [0.25, 0.3) is 34.4 Å². The van der Waals surface area contributed by atoms with E-state index in [2.05, 4.69) is 77.9 Å². The lowest BCUT2D eigenvalue weighted by Gasteiger charge is -2.05. The number of carbonyl (C=O) groups excluding carboxylic acids is 2. The Bertz CT molecular complexity index is 1410. The van der Waals surface area contributed by atoms with Gasteiger partial charge in [-0.25, -0.2) is 0 Å². The van der Waals surface area contributed by atoms with Crippen molar-refractivity contribution in [3.63, 3.8) is 0 Å². The third-order valence-electron chi connectivity index (χ3n) is 6.96. The van der Waals surface area contributed by atoms with Gasteiger partial charge in [-0.2, -0.15) is 0 Å². The quantitative estimate of drug-likeness (QED) is 0.296. The normalized spacial score (nSPS) is 11.9. The maximum atomic E-state index is 12.3. The molecule has 1 amide bonds. The number of aldehydes is 1. The van der Waals surface area contributed by atoms with Gasteiger partial charge in [0.15, 0.2) is 6.29 Å². The monoisotopic (exact) mass is 463 g/mol. The molecular weight excluding hydrogens is 430 g/mol. The maximum Gasteiger partial charge on any atom is 0.249 e. The van der Waals surface area contributed by atoms with E-state index in [1.165, 1.54) is 5.56 Å². The molecule has 35 heavy (non-hydrogen) atoms. The minimum atomic E-state index is -0.430. The number of hydrogen-bond donors (Lipinski definition) is 1. The lowest BCUT2D eigenvalue weighted by Crippen LogP contribution is -2.10. The Balaban J connectivity index is 1.90. The second-order valence-electron chi connectivity index (χ2n) is 10.1. The molecule has 2 N–H and O–H groups in total. The third kappa shape index (κ3) is 4.51. The van der Waals surface area contributed by atoms with E-state index in [9.17, 15) is 9.59 Å². The highest BCUT2D eigenvalue weighted by Crippen LogP contribution is 2.40. The van der Waals surface area contributed by atoms with Gasteiger partial charge < -0.3 is 5.73 Å². The number of fused-ring (bicyclic) bond motifs is 2. The summed E-state index contributed by atoms with van der Waals surface area (Å²) in [6.07, 6.45) is 5.02. The fourth-order valence-corrected chi connectivity index (χ4v) is 4.90. The fourth-order valence-electron chi connectivity index (χ4n) is 4.90. The molecule has 3 nitrogen and oxygen atoms in total. The average molecular weight is 464 g/mol. The highest BCUT2D eigenvalue weighted by atomic mass is 16.1. The lowest BCUT2D eigenvalue weighted by atomic mass is 9.99. The van der Waals surface area contributed by atoms with Crippen LogP contribution in [0, 0.1) is 13.8 Å². The highest BCUT2D eigenvalue weighted by molar-refractivity contribution is 6.05. The summed E-state index contributed by atoms with van der Waals surface area (Å²) in [5, 5.41) is 0. The van der Waals surface area contributed by atoms with Gasteiger partial charge in [0.1, 0.15) is 0 Å². The zero-order chi connectivity index (χ0) is 25.4. The zero-order valence-electron chi connectivity index (χ0n) is 21.4. The second-order valence-corrected chi connectivity index (χ2v) is 10.1. The summed E-state index contributed by atoms with van der Waals surface area (Å²) >= 11 is 0. The largest absolute Gasteiger partial charge is 0.366 e. The van der Waals surface area contributed by atoms with Gasteiger partial charge in [0, 0.05) is 11.1 Å². The number of carbonyl (C=O) groups is 2.